The van der Waals surface area contributed by atoms with Crippen LogP contribution in [0.2, 0.25) is 0 Å². The second-order valence-electron chi connectivity index (χ2n) is 6.12. The van der Waals surface area contributed by atoms with E-state index in [-0.39, 0.29) is 12.5 Å². The summed E-state index contributed by atoms with van der Waals surface area (Å²) >= 11 is 3.58. The van der Waals surface area contributed by atoms with Gasteiger partial charge in [0, 0.05) is 13.6 Å². The van der Waals surface area contributed by atoms with Crippen molar-refractivity contribution in [1.82, 2.24) is 4.90 Å². The number of ether oxygens (including phenoxy) is 1. The predicted octanol–water partition coefficient (Wildman–Crippen LogP) is 4.95. The van der Waals surface area contributed by atoms with E-state index in [0.29, 0.717) is 12.3 Å². The number of halogens is 1. The minimum Gasteiger partial charge on any atom is -0.483 e. The normalized spacial score (nSPS) is 10.7. The Morgan fingerprint density at radius 3 is 2.52 bits per heavy atom. The van der Waals surface area contributed by atoms with Crippen molar-refractivity contribution in [2.75, 3.05) is 13.7 Å². The number of amides is 1. The molecule has 0 fully saturated rings. The number of hydrogen-bond acceptors (Lipinski definition) is 2. The van der Waals surface area contributed by atoms with Gasteiger partial charge in [-0.1, -0.05) is 60.2 Å². The molecule has 3 aromatic carbocycles. The van der Waals surface area contributed by atoms with Gasteiger partial charge in [0.1, 0.15) is 5.75 Å². The maximum Gasteiger partial charge on any atom is 0.260 e. The molecule has 0 bridgehead atoms. The van der Waals surface area contributed by atoms with E-state index < -0.39 is 0 Å². The fraction of sp³-hybridized carbons (Fsp3) is 0.190. The smallest absolute Gasteiger partial charge is 0.260 e. The molecule has 0 unspecified atom stereocenters. The van der Waals surface area contributed by atoms with Crippen LogP contribution < -0.4 is 4.74 Å². The second-order valence-corrected chi connectivity index (χ2v) is 6.92. The van der Waals surface area contributed by atoms with Crippen molar-refractivity contribution in [3.8, 4) is 5.75 Å². The zero-order chi connectivity index (χ0) is 17.8. The Bertz CT molecular complexity index is 890. The molecule has 0 aromatic heterocycles. The van der Waals surface area contributed by atoms with Crippen molar-refractivity contribution in [2.24, 2.45) is 0 Å². The number of hydrogen-bond donors (Lipinski definition) is 0. The van der Waals surface area contributed by atoms with Crippen molar-refractivity contribution in [3.05, 3.63) is 76.3 Å². The summed E-state index contributed by atoms with van der Waals surface area (Å²) < 4.78 is 6.62. The molecule has 25 heavy (non-hydrogen) atoms. The molecule has 3 aromatic rings. The standard InChI is InChI=1S/C21H20BrNO2/c1-15-7-9-16(10-8-15)13-23(2)20(24)14-25-19-12-11-17-5-3-4-6-18(17)21(19)22/h3-12H,13-14H2,1-2H3. The molecule has 4 heteroatoms. The first-order valence-corrected chi connectivity index (χ1v) is 8.93. The third-order valence-electron chi connectivity index (χ3n) is 4.15. The second kappa shape index (κ2) is 7.70. The molecule has 0 aliphatic heterocycles. The first-order chi connectivity index (χ1) is 12.0. The minimum atomic E-state index is -0.0550. The Morgan fingerprint density at radius 2 is 1.76 bits per heavy atom. The summed E-state index contributed by atoms with van der Waals surface area (Å²) in [6.07, 6.45) is 0. The van der Waals surface area contributed by atoms with Gasteiger partial charge in [-0.25, -0.2) is 0 Å². The Balaban J connectivity index is 1.63. The SMILES string of the molecule is Cc1ccc(CN(C)C(=O)COc2ccc3ccccc3c2Br)cc1. The molecule has 0 saturated heterocycles. The van der Waals surface area contributed by atoms with Gasteiger partial charge in [0.2, 0.25) is 0 Å². The van der Waals surface area contributed by atoms with Gasteiger partial charge in [-0.15, -0.1) is 0 Å². The Morgan fingerprint density at radius 1 is 1.04 bits per heavy atom. The summed E-state index contributed by atoms with van der Waals surface area (Å²) in [6.45, 7) is 2.63. The lowest BCUT2D eigenvalue weighted by atomic mass is 10.1. The monoisotopic (exact) mass is 397 g/mol. The quantitative estimate of drug-likeness (QED) is 0.609. The van der Waals surface area contributed by atoms with E-state index in [0.717, 1.165) is 20.8 Å². The van der Waals surface area contributed by atoms with Crippen LogP contribution in [0.5, 0.6) is 5.75 Å². The predicted molar refractivity (Wildman–Crippen MR) is 105 cm³/mol. The number of benzene rings is 3. The van der Waals surface area contributed by atoms with Crippen LogP contribution in [0.4, 0.5) is 0 Å². The number of fused-ring (bicyclic) bond motifs is 1. The van der Waals surface area contributed by atoms with Crippen molar-refractivity contribution in [1.29, 1.82) is 0 Å². The summed E-state index contributed by atoms with van der Waals surface area (Å²) in [7, 11) is 1.79. The molecular formula is C21H20BrNO2. The molecule has 0 radical (unpaired) electrons. The number of carbonyl (C=O) groups is 1. The van der Waals surface area contributed by atoms with Gasteiger partial charge in [0.05, 0.1) is 4.47 Å². The lowest BCUT2D eigenvalue weighted by Crippen LogP contribution is -2.31. The molecule has 0 aliphatic rings. The molecule has 0 aliphatic carbocycles. The van der Waals surface area contributed by atoms with Gasteiger partial charge in [-0.2, -0.15) is 0 Å². The Hall–Kier alpha value is -2.33. The maximum absolute atomic E-state index is 12.3. The van der Waals surface area contributed by atoms with E-state index in [1.54, 1.807) is 11.9 Å². The molecule has 0 saturated carbocycles. The number of likely N-dealkylation sites (N-methyl/N-ethyl adjacent to an activating group) is 1. The Kier molecular flexibility index (Phi) is 5.39. The van der Waals surface area contributed by atoms with E-state index in [2.05, 4.69) is 28.1 Å². The molecule has 1 amide bonds. The third kappa shape index (κ3) is 4.20. The highest BCUT2D eigenvalue weighted by Crippen LogP contribution is 2.33. The zero-order valence-corrected chi connectivity index (χ0v) is 15.9. The summed E-state index contributed by atoms with van der Waals surface area (Å²) in [5.74, 6) is 0.622. The average molecular weight is 398 g/mol. The van der Waals surface area contributed by atoms with Crippen molar-refractivity contribution >= 4 is 32.6 Å². The summed E-state index contributed by atoms with van der Waals surface area (Å²) in [5, 5.41) is 2.20. The lowest BCUT2D eigenvalue weighted by molar-refractivity contribution is -0.132. The first-order valence-electron chi connectivity index (χ1n) is 8.14. The number of rotatable bonds is 5. The van der Waals surface area contributed by atoms with Crippen LogP contribution >= 0.6 is 15.9 Å². The van der Waals surface area contributed by atoms with Crippen molar-refractivity contribution < 1.29 is 9.53 Å². The van der Waals surface area contributed by atoms with Gasteiger partial charge in [-0.05, 0) is 45.3 Å². The summed E-state index contributed by atoms with van der Waals surface area (Å²) in [5.41, 5.74) is 2.32. The highest BCUT2D eigenvalue weighted by Gasteiger charge is 2.12. The van der Waals surface area contributed by atoms with Gasteiger partial charge in [0.25, 0.3) is 5.91 Å². The van der Waals surface area contributed by atoms with Crippen LogP contribution in [0.25, 0.3) is 10.8 Å². The van der Waals surface area contributed by atoms with Crippen LogP contribution in [-0.4, -0.2) is 24.5 Å². The molecule has 0 heterocycles. The van der Waals surface area contributed by atoms with E-state index in [1.165, 1.54) is 5.56 Å². The summed E-state index contributed by atoms with van der Waals surface area (Å²) in [4.78, 5) is 14.0. The average Bonchev–Trinajstić information content (AvgIpc) is 2.63. The highest BCUT2D eigenvalue weighted by atomic mass is 79.9. The number of carbonyl (C=O) groups excluding carboxylic acids is 1. The van der Waals surface area contributed by atoms with E-state index in [1.807, 2.05) is 55.5 Å². The molecular weight excluding hydrogens is 378 g/mol. The van der Waals surface area contributed by atoms with Gasteiger partial charge in [-0.3, -0.25) is 4.79 Å². The van der Waals surface area contributed by atoms with Crippen LogP contribution in [0, 0.1) is 6.92 Å². The largest absolute Gasteiger partial charge is 0.483 e. The highest BCUT2D eigenvalue weighted by molar-refractivity contribution is 9.10. The lowest BCUT2D eigenvalue weighted by Gasteiger charge is -2.18. The van der Waals surface area contributed by atoms with Crippen molar-refractivity contribution in [3.63, 3.8) is 0 Å². The molecule has 3 nitrogen and oxygen atoms in total. The van der Waals surface area contributed by atoms with Gasteiger partial charge >= 0.3 is 0 Å². The van der Waals surface area contributed by atoms with Gasteiger partial charge < -0.3 is 9.64 Å². The van der Waals surface area contributed by atoms with E-state index >= 15 is 0 Å². The molecule has 3 rings (SSSR count). The number of aryl methyl sites for hydroxylation is 1. The van der Waals surface area contributed by atoms with Crippen LogP contribution in [0.15, 0.2) is 65.1 Å². The molecule has 0 atom stereocenters. The molecule has 0 spiro atoms. The van der Waals surface area contributed by atoms with Crippen LogP contribution in [0.1, 0.15) is 11.1 Å². The molecule has 128 valence electrons. The van der Waals surface area contributed by atoms with Crippen LogP contribution in [-0.2, 0) is 11.3 Å². The fourth-order valence-electron chi connectivity index (χ4n) is 2.63. The van der Waals surface area contributed by atoms with E-state index in [9.17, 15) is 4.79 Å². The van der Waals surface area contributed by atoms with Crippen molar-refractivity contribution in [2.45, 2.75) is 13.5 Å². The first kappa shape index (κ1) is 17.5. The minimum absolute atomic E-state index is 0.0132. The van der Waals surface area contributed by atoms with E-state index in [4.69, 9.17) is 4.74 Å². The van der Waals surface area contributed by atoms with Gasteiger partial charge in [0.15, 0.2) is 6.61 Å². The Labute approximate surface area is 156 Å². The van der Waals surface area contributed by atoms with Crippen LogP contribution in [0.3, 0.4) is 0 Å². The maximum atomic E-state index is 12.3. The fourth-order valence-corrected chi connectivity index (χ4v) is 3.24. The molecule has 0 N–H and O–H groups in total. The topological polar surface area (TPSA) is 29.5 Å². The number of nitrogens with zero attached hydrogens (tertiary/aromatic N) is 1. The third-order valence-corrected chi connectivity index (χ3v) is 4.96. The summed E-state index contributed by atoms with van der Waals surface area (Å²) in [6, 6.07) is 20.1. The zero-order valence-electron chi connectivity index (χ0n) is 14.3.